The molecule has 2 fully saturated rings. The van der Waals surface area contributed by atoms with Gasteiger partial charge >= 0.3 is 0 Å². The molecule has 0 N–H and O–H groups in total. The number of piperazine rings is 1. The van der Waals surface area contributed by atoms with Gasteiger partial charge in [-0.15, -0.1) is 0 Å². The van der Waals surface area contributed by atoms with Gasteiger partial charge < -0.3 is 14.4 Å². The summed E-state index contributed by atoms with van der Waals surface area (Å²) in [6.45, 7) is 4.10. The number of hydrogen-bond acceptors (Lipinski definition) is 4. The van der Waals surface area contributed by atoms with Crippen LogP contribution in [0.4, 0.5) is 0 Å². The Morgan fingerprint density at radius 2 is 1.68 bits per heavy atom. The molecule has 4 rings (SSSR count). The van der Waals surface area contributed by atoms with Crippen molar-refractivity contribution in [1.82, 2.24) is 9.80 Å². The summed E-state index contributed by atoms with van der Waals surface area (Å²) < 4.78 is 10.9. The second kappa shape index (κ2) is 7.84. The third-order valence-electron chi connectivity index (χ3n) is 6.03. The van der Waals surface area contributed by atoms with Crippen LogP contribution in [0.3, 0.4) is 0 Å². The molecule has 0 bridgehead atoms. The molecule has 0 radical (unpaired) electrons. The molecule has 0 aromatic heterocycles. The molecule has 0 unspecified atom stereocenters. The Balaban J connectivity index is 1.38. The fourth-order valence-corrected chi connectivity index (χ4v) is 4.17. The van der Waals surface area contributed by atoms with Crippen LogP contribution in [0.5, 0.6) is 11.5 Å². The highest BCUT2D eigenvalue weighted by Crippen LogP contribution is 2.49. The molecule has 1 heterocycles. The number of benzene rings is 2. The molecule has 5 heteroatoms. The summed E-state index contributed by atoms with van der Waals surface area (Å²) >= 11 is 0. The maximum absolute atomic E-state index is 13.2. The molecule has 0 spiro atoms. The monoisotopic (exact) mass is 380 g/mol. The van der Waals surface area contributed by atoms with E-state index < -0.39 is 0 Å². The summed E-state index contributed by atoms with van der Waals surface area (Å²) in [5.74, 6) is 2.01. The van der Waals surface area contributed by atoms with Crippen molar-refractivity contribution in [2.24, 2.45) is 0 Å². The van der Waals surface area contributed by atoms with Gasteiger partial charge in [-0.2, -0.15) is 0 Å². The van der Waals surface area contributed by atoms with Crippen LogP contribution in [-0.2, 0) is 16.8 Å². The van der Waals surface area contributed by atoms with E-state index in [1.807, 2.05) is 36.4 Å². The average Bonchev–Trinajstić information content (AvgIpc) is 3.56. The zero-order valence-corrected chi connectivity index (χ0v) is 16.7. The molecule has 28 heavy (non-hydrogen) atoms. The molecular weight excluding hydrogens is 352 g/mol. The van der Waals surface area contributed by atoms with E-state index in [2.05, 4.69) is 21.9 Å². The van der Waals surface area contributed by atoms with Gasteiger partial charge in [-0.05, 0) is 36.6 Å². The maximum atomic E-state index is 13.2. The van der Waals surface area contributed by atoms with Gasteiger partial charge in [0.25, 0.3) is 0 Å². The Morgan fingerprint density at radius 3 is 2.29 bits per heavy atom. The zero-order valence-electron chi connectivity index (χ0n) is 16.7. The molecule has 2 aromatic carbocycles. The van der Waals surface area contributed by atoms with Crippen LogP contribution in [-0.4, -0.2) is 56.1 Å². The first-order valence-electron chi connectivity index (χ1n) is 9.94. The van der Waals surface area contributed by atoms with Crippen LogP contribution in [0.15, 0.2) is 48.5 Å². The topological polar surface area (TPSA) is 42.0 Å². The highest BCUT2D eigenvalue weighted by molar-refractivity contribution is 5.91. The van der Waals surface area contributed by atoms with Crippen LogP contribution in [0.1, 0.15) is 24.0 Å². The quantitative estimate of drug-likeness (QED) is 0.772. The van der Waals surface area contributed by atoms with Gasteiger partial charge in [-0.1, -0.05) is 30.3 Å². The number of amides is 1. The fraction of sp³-hybridized carbons (Fsp3) is 0.435. The van der Waals surface area contributed by atoms with Gasteiger partial charge in [-0.3, -0.25) is 9.69 Å². The van der Waals surface area contributed by atoms with Crippen molar-refractivity contribution in [3.05, 3.63) is 59.7 Å². The standard InChI is InChI=1S/C23H28N2O3/c1-27-20-8-9-21(28-2)18(16-20)17-24-12-14-25(15-13-24)22(26)23(10-11-23)19-6-4-3-5-7-19/h3-9,16H,10-15,17H2,1-2H3. The van der Waals surface area contributed by atoms with E-state index in [1.165, 1.54) is 5.56 Å². The minimum absolute atomic E-state index is 0.264. The van der Waals surface area contributed by atoms with Gasteiger partial charge in [0.05, 0.1) is 19.6 Å². The Hall–Kier alpha value is -2.53. The van der Waals surface area contributed by atoms with Crippen molar-refractivity contribution in [2.75, 3.05) is 40.4 Å². The first-order valence-corrected chi connectivity index (χ1v) is 9.94. The van der Waals surface area contributed by atoms with Gasteiger partial charge in [0.15, 0.2) is 0 Å². The lowest BCUT2D eigenvalue weighted by atomic mass is 9.94. The second-order valence-corrected chi connectivity index (χ2v) is 7.69. The van der Waals surface area contributed by atoms with Crippen LogP contribution < -0.4 is 9.47 Å². The zero-order chi connectivity index (χ0) is 19.6. The SMILES string of the molecule is COc1ccc(OC)c(CN2CCN(C(=O)C3(c4ccccc4)CC3)CC2)c1. The lowest BCUT2D eigenvalue weighted by molar-refractivity contribution is -0.135. The van der Waals surface area contributed by atoms with E-state index in [1.54, 1.807) is 14.2 Å². The molecule has 1 aliphatic carbocycles. The highest BCUT2D eigenvalue weighted by atomic mass is 16.5. The Labute approximate surface area is 166 Å². The van der Waals surface area contributed by atoms with Crippen LogP contribution in [0, 0.1) is 0 Å². The van der Waals surface area contributed by atoms with E-state index in [9.17, 15) is 4.79 Å². The fourth-order valence-electron chi connectivity index (χ4n) is 4.17. The van der Waals surface area contributed by atoms with E-state index >= 15 is 0 Å². The van der Waals surface area contributed by atoms with Crippen LogP contribution >= 0.6 is 0 Å². The largest absolute Gasteiger partial charge is 0.497 e. The lowest BCUT2D eigenvalue weighted by Gasteiger charge is -2.37. The third kappa shape index (κ3) is 3.59. The second-order valence-electron chi connectivity index (χ2n) is 7.69. The van der Waals surface area contributed by atoms with Crippen molar-refractivity contribution in [1.29, 1.82) is 0 Å². The van der Waals surface area contributed by atoms with E-state index in [0.29, 0.717) is 5.91 Å². The van der Waals surface area contributed by atoms with Crippen LogP contribution in [0.25, 0.3) is 0 Å². The number of rotatable bonds is 6. The number of methoxy groups -OCH3 is 2. The minimum Gasteiger partial charge on any atom is -0.497 e. The summed E-state index contributed by atoms with van der Waals surface area (Å²) in [5.41, 5.74) is 2.02. The summed E-state index contributed by atoms with van der Waals surface area (Å²) in [5, 5.41) is 0. The van der Waals surface area contributed by atoms with Gasteiger partial charge in [0.2, 0.25) is 5.91 Å². The maximum Gasteiger partial charge on any atom is 0.233 e. The minimum atomic E-state index is -0.264. The molecule has 148 valence electrons. The first kappa shape index (κ1) is 18.8. The number of hydrogen-bond donors (Lipinski definition) is 0. The van der Waals surface area contributed by atoms with Crippen molar-refractivity contribution in [2.45, 2.75) is 24.8 Å². The first-order chi connectivity index (χ1) is 13.7. The average molecular weight is 380 g/mol. The van der Waals surface area contributed by atoms with Crippen molar-refractivity contribution in [3.8, 4) is 11.5 Å². The number of carbonyl (C=O) groups is 1. The Kier molecular flexibility index (Phi) is 5.27. The van der Waals surface area contributed by atoms with Crippen molar-refractivity contribution < 1.29 is 14.3 Å². The normalized spacial score (nSPS) is 18.6. The molecule has 0 atom stereocenters. The molecule has 1 saturated carbocycles. The molecule has 1 aliphatic heterocycles. The molecule has 1 amide bonds. The number of ether oxygens (including phenoxy) is 2. The summed E-state index contributed by atoms with van der Waals surface area (Å²) in [6, 6.07) is 16.2. The summed E-state index contributed by atoms with van der Waals surface area (Å²) in [4.78, 5) is 17.6. The molecule has 5 nitrogen and oxygen atoms in total. The number of carbonyl (C=O) groups excluding carboxylic acids is 1. The van der Waals surface area contributed by atoms with E-state index in [4.69, 9.17) is 9.47 Å². The van der Waals surface area contributed by atoms with Gasteiger partial charge in [-0.25, -0.2) is 0 Å². The molecule has 1 saturated heterocycles. The molecule has 2 aliphatic rings. The van der Waals surface area contributed by atoms with Gasteiger partial charge in [0.1, 0.15) is 11.5 Å². The molecular formula is C23H28N2O3. The Morgan fingerprint density at radius 1 is 0.964 bits per heavy atom. The highest BCUT2D eigenvalue weighted by Gasteiger charge is 2.53. The molecule has 2 aromatic rings. The van der Waals surface area contributed by atoms with Gasteiger partial charge in [0, 0.05) is 38.3 Å². The summed E-state index contributed by atoms with van der Waals surface area (Å²) in [7, 11) is 3.37. The van der Waals surface area contributed by atoms with Crippen LogP contribution in [0.2, 0.25) is 0 Å². The smallest absolute Gasteiger partial charge is 0.233 e. The predicted octanol–water partition coefficient (Wildman–Crippen LogP) is 3.08. The Bertz CT molecular complexity index is 825. The van der Waals surface area contributed by atoms with E-state index in [0.717, 1.165) is 62.6 Å². The third-order valence-corrected chi connectivity index (χ3v) is 6.03. The summed E-state index contributed by atoms with van der Waals surface area (Å²) in [6.07, 6.45) is 1.94. The van der Waals surface area contributed by atoms with Crippen molar-refractivity contribution in [3.63, 3.8) is 0 Å². The van der Waals surface area contributed by atoms with Crippen molar-refractivity contribution >= 4 is 5.91 Å². The number of nitrogens with zero attached hydrogens (tertiary/aromatic N) is 2. The predicted molar refractivity (Wildman–Crippen MR) is 109 cm³/mol. The van der Waals surface area contributed by atoms with E-state index in [-0.39, 0.29) is 5.41 Å². The lowest BCUT2D eigenvalue weighted by Crippen LogP contribution is -2.51.